The molecule has 2 aromatic rings. The highest BCUT2D eigenvalue weighted by Gasteiger charge is 2.25. The van der Waals surface area contributed by atoms with Crippen molar-refractivity contribution in [3.8, 4) is 5.75 Å². The van der Waals surface area contributed by atoms with E-state index in [2.05, 4.69) is 35.0 Å². The minimum absolute atomic E-state index is 0.0450. The largest absolute Gasteiger partial charge is 0.496 e. The van der Waals surface area contributed by atoms with Crippen LogP contribution in [0.4, 0.5) is 16.2 Å². The average molecular weight is 485 g/mol. The van der Waals surface area contributed by atoms with Gasteiger partial charge in [0.1, 0.15) is 5.75 Å². The molecule has 0 bridgehead atoms. The summed E-state index contributed by atoms with van der Waals surface area (Å²) in [6.45, 7) is 10.7. The Morgan fingerprint density at radius 3 is 2.47 bits per heavy atom. The van der Waals surface area contributed by atoms with Crippen LogP contribution in [0.3, 0.4) is 0 Å². The van der Waals surface area contributed by atoms with Gasteiger partial charge in [0.15, 0.2) is 0 Å². The van der Waals surface area contributed by atoms with Crippen LogP contribution in [-0.2, 0) is 0 Å². The predicted molar refractivity (Wildman–Crippen MR) is 141 cm³/mol. The molecule has 0 radical (unpaired) electrons. The van der Waals surface area contributed by atoms with Gasteiger partial charge < -0.3 is 24.8 Å². The number of aryl methyl sites for hydroxylation is 1. The van der Waals surface area contributed by atoms with E-state index in [-0.39, 0.29) is 6.03 Å². The number of piperidine rings is 1. The second kappa shape index (κ2) is 11.3. The van der Waals surface area contributed by atoms with Crippen molar-refractivity contribution < 1.29 is 9.53 Å². The second-order valence-corrected chi connectivity index (χ2v) is 9.84. The number of anilines is 2. The van der Waals surface area contributed by atoms with Gasteiger partial charge in [0, 0.05) is 42.6 Å². The molecule has 0 aromatic heterocycles. The van der Waals surface area contributed by atoms with Gasteiger partial charge in [-0.2, -0.15) is 0 Å². The van der Waals surface area contributed by atoms with Crippen molar-refractivity contribution in [2.24, 2.45) is 0 Å². The van der Waals surface area contributed by atoms with Gasteiger partial charge >= 0.3 is 6.03 Å². The minimum Gasteiger partial charge on any atom is -0.496 e. The molecule has 6 nitrogen and oxygen atoms in total. The van der Waals surface area contributed by atoms with E-state index >= 15 is 0 Å². The number of ether oxygens (including phenoxy) is 1. The lowest BCUT2D eigenvalue weighted by Crippen LogP contribution is -2.50. The number of amides is 2. The van der Waals surface area contributed by atoms with Crippen molar-refractivity contribution in [1.29, 1.82) is 0 Å². The van der Waals surface area contributed by atoms with E-state index in [1.807, 2.05) is 35.2 Å². The Balaban J connectivity index is 1.37. The van der Waals surface area contributed by atoms with Gasteiger partial charge in [-0.25, -0.2) is 4.79 Å². The zero-order valence-electron chi connectivity index (χ0n) is 20.6. The molecule has 4 rings (SSSR count). The third kappa shape index (κ3) is 5.78. The van der Waals surface area contributed by atoms with Crippen LogP contribution in [0, 0.1) is 6.92 Å². The summed E-state index contributed by atoms with van der Waals surface area (Å²) in [6.07, 6.45) is 3.44. The topological polar surface area (TPSA) is 48.1 Å². The predicted octanol–water partition coefficient (Wildman–Crippen LogP) is 5.60. The molecule has 0 aliphatic carbocycles. The van der Waals surface area contributed by atoms with Gasteiger partial charge in [-0.05, 0) is 93.2 Å². The molecule has 1 N–H and O–H groups in total. The van der Waals surface area contributed by atoms with Gasteiger partial charge in [0.2, 0.25) is 0 Å². The first kappa shape index (κ1) is 24.7. The Bertz CT molecular complexity index is 983. The van der Waals surface area contributed by atoms with Gasteiger partial charge in [-0.1, -0.05) is 24.6 Å². The molecule has 2 aromatic carbocycles. The zero-order valence-corrected chi connectivity index (χ0v) is 21.4. The van der Waals surface area contributed by atoms with Gasteiger partial charge in [-0.15, -0.1) is 0 Å². The Labute approximate surface area is 208 Å². The van der Waals surface area contributed by atoms with Crippen LogP contribution in [0.15, 0.2) is 36.4 Å². The molecule has 0 unspecified atom stereocenters. The lowest BCUT2D eigenvalue weighted by Gasteiger charge is -2.37. The van der Waals surface area contributed by atoms with Crippen LogP contribution in [0.2, 0.25) is 5.02 Å². The van der Waals surface area contributed by atoms with Gasteiger partial charge in [0.05, 0.1) is 7.11 Å². The maximum atomic E-state index is 13.0. The van der Waals surface area contributed by atoms with E-state index in [0.29, 0.717) is 19.0 Å². The number of benzene rings is 2. The quantitative estimate of drug-likeness (QED) is 0.579. The monoisotopic (exact) mass is 484 g/mol. The van der Waals surface area contributed by atoms with Crippen molar-refractivity contribution in [3.63, 3.8) is 0 Å². The fourth-order valence-corrected chi connectivity index (χ4v) is 5.36. The van der Waals surface area contributed by atoms with E-state index < -0.39 is 0 Å². The summed E-state index contributed by atoms with van der Waals surface area (Å²) in [7, 11) is 1.73. The number of likely N-dealkylation sites (tertiary alicyclic amines) is 1. The lowest BCUT2D eigenvalue weighted by atomic mass is 9.88. The van der Waals surface area contributed by atoms with Crippen molar-refractivity contribution in [3.05, 3.63) is 52.5 Å². The van der Waals surface area contributed by atoms with Crippen LogP contribution >= 0.6 is 11.6 Å². The standard InChI is InChI=1S/C27H37ClN4O2/c1-4-11-30-12-9-21(10-13-30)24-19-23(7-8-26(24)34-3)29-27(33)32-16-14-31(15-17-32)25-18-22(28)6-5-20(25)2/h5-8,18-19,21H,4,9-17H2,1-3H3,(H,29,33). The Hall–Kier alpha value is -2.44. The summed E-state index contributed by atoms with van der Waals surface area (Å²) in [6, 6.07) is 12.0. The first-order valence-corrected chi connectivity index (χ1v) is 12.8. The molecule has 2 amide bonds. The van der Waals surface area contributed by atoms with Crippen LogP contribution in [-0.4, -0.2) is 68.8 Å². The number of halogens is 1. The third-order valence-electron chi connectivity index (χ3n) is 7.13. The number of urea groups is 1. The van der Waals surface area contributed by atoms with Crippen LogP contribution in [0.1, 0.15) is 43.2 Å². The molecule has 2 aliphatic heterocycles. The molecule has 0 saturated carbocycles. The van der Waals surface area contributed by atoms with Crippen LogP contribution in [0.5, 0.6) is 5.75 Å². The number of hydrogen-bond acceptors (Lipinski definition) is 4. The SMILES string of the molecule is CCCN1CCC(c2cc(NC(=O)N3CCN(c4cc(Cl)ccc4C)CC3)ccc2OC)CC1. The minimum atomic E-state index is -0.0450. The number of rotatable bonds is 6. The maximum Gasteiger partial charge on any atom is 0.321 e. The molecule has 34 heavy (non-hydrogen) atoms. The van der Waals surface area contributed by atoms with E-state index in [0.717, 1.165) is 61.2 Å². The van der Waals surface area contributed by atoms with Crippen LogP contribution in [0.25, 0.3) is 0 Å². The molecular formula is C27H37ClN4O2. The number of carbonyl (C=O) groups is 1. The molecule has 184 valence electrons. The van der Waals surface area contributed by atoms with Crippen molar-refractivity contribution in [1.82, 2.24) is 9.80 Å². The molecule has 0 spiro atoms. The van der Waals surface area contributed by atoms with E-state index in [4.69, 9.17) is 16.3 Å². The maximum absolute atomic E-state index is 13.0. The third-order valence-corrected chi connectivity index (χ3v) is 7.36. The number of nitrogens with one attached hydrogen (secondary N) is 1. The van der Waals surface area contributed by atoms with Gasteiger partial charge in [0.25, 0.3) is 0 Å². The second-order valence-electron chi connectivity index (χ2n) is 9.41. The molecule has 2 heterocycles. The summed E-state index contributed by atoms with van der Waals surface area (Å²) in [4.78, 5) is 19.8. The lowest BCUT2D eigenvalue weighted by molar-refractivity contribution is 0.208. The number of nitrogens with zero attached hydrogens (tertiary/aromatic N) is 3. The molecule has 0 atom stereocenters. The van der Waals surface area contributed by atoms with Gasteiger partial charge in [-0.3, -0.25) is 0 Å². The highest BCUT2D eigenvalue weighted by atomic mass is 35.5. The number of carbonyl (C=O) groups excluding carboxylic acids is 1. The van der Waals surface area contributed by atoms with Crippen molar-refractivity contribution in [2.75, 3.05) is 63.1 Å². The smallest absolute Gasteiger partial charge is 0.321 e. The first-order valence-electron chi connectivity index (χ1n) is 12.5. The van der Waals surface area contributed by atoms with E-state index in [9.17, 15) is 4.79 Å². The number of methoxy groups -OCH3 is 1. The summed E-state index contributed by atoms with van der Waals surface area (Å²) in [5.74, 6) is 1.38. The summed E-state index contributed by atoms with van der Waals surface area (Å²) in [5.41, 5.74) is 4.40. The zero-order chi connectivity index (χ0) is 24.1. The van der Waals surface area contributed by atoms with Crippen molar-refractivity contribution >= 4 is 29.0 Å². The Morgan fingerprint density at radius 1 is 1.06 bits per heavy atom. The van der Waals surface area contributed by atoms with E-state index in [1.54, 1.807) is 7.11 Å². The molecule has 2 saturated heterocycles. The van der Waals surface area contributed by atoms with E-state index in [1.165, 1.54) is 24.1 Å². The Morgan fingerprint density at radius 2 is 1.79 bits per heavy atom. The molecule has 2 aliphatic rings. The fourth-order valence-electron chi connectivity index (χ4n) is 5.19. The molecule has 2 fully saturated rings. The van der Waals surface area contributed by atoms with Crippen molar-refractivity contribution in [2.45, 2.75) is 39.0 Å². The highest BCUT2D eigenvalue weighted by molar-refractivity contribution is 6.30. The summed E-state index contributed by atoms with van der Waals surface area (Å²) in [5, 5.41) is 3.87. The van der Waals surface area contributed by atoms with Crippen LogP contribution < -0.4 is 15.0 Å². The fraction of sp³-hybridized carbons (Fsp3) is 0.519. The number of piperazine rings is 1. The summed E-state index contributed by atoms with van der Waals surface area (Å²) >= 11 is 6.20. The number of hydrogen-bond donors (Lipinski definition) is 1. The average Bonchev–Trinajstić information content (AvgIpc) is 2.86. The Kier molecular flexibility index (Phi) is 8.22. The normalized spacial score (nSPS) is 17.6. The molecule has 7 heteroatoms. The summed E-state index contributed by atoms with van der Waals surface area (Å²) < 4.78 is 5.67. The first-order chi connectivity index (χ1) is 16.5. The highest BCUT2D eigenvalue weighted by Crippen LogP contribution is 2.36. The molecular weight excluding hydrogens is 448 g/mol.